The van der Waals surface area contributed by atoms with Gasteiger partial charge in [-0.2, -0.15) is 0 Å². The Morgan fingerprint density at radius 3 is 2.53 bits per heavy atom. The Labute approximate surface area is 120 Å². The molecule has 1 aliphatic carbocycles. The average Bonchev–Trinajstić information content (AvgIpc) is 2.89. The third-order valence-electron chi connectivity index (χ3n) is 5.90. The Balaban J connectivity index is 1.77. The van der Waals surface area contributed by atoms with Crippen LogP contribution < -0.4 is 10.6 Å². The number of hydrogen-bond acceptors (Lipinski definition) is 2. The van der Waals surface area contributed by atoms with Crippen LogP contribution in [-0.4, -0.2) is 26.2 Å². The summed E-state index contributed by atoms with van der Waals surface area (Å²) in [7, 11) is 0. The second kappa shape index (κ2) is 6.58. The van der Waals surface area contributed by atoms with Gasteiger partial charge in [0.25, 0.3) is 0 Å². The van der Waals surface area contributed by atoms with Crippen LogP contribution in [0.3, 0.4) is 0 Å². The molecule has 1 saturated carbocycles. The van der Waals surface area contributed by atoms with Crippen LogP contribution in [0.1, 0.15) is 65.7 Å². The fourth-order valence-corrected chi connectivity index (χ4v) is 4.09. The van der Waals surface area contributed by atoms with Gasteiger partial charge in [-0.1, -0.05) is 33.6 Å². The van der Waals surface area contributed by atoms with Gasteiger partial charge in [-0.25, -0.2) is 0 Å². The SMILES string of the molecule is CCC1(CNCC(C)(C)C2CCCNC2)CCCC1. The zero-order valence-electron chi connectivity index (χ0n) is 13.4. The van der Waals surface area contributed by atoms with E-state index in [1.807, 2.05) is 0 Å². The number of rotatable bonds is 6. The van der Waals surface area contributed by atoms with Gasteiger partial charge >= 0.3 is 0 Å². The first-order valence-corrected chi connectivity index (χ1v) is 8.49. The molecule has 2 rings (SSSR count). The van der Waals surface area contributed by atoms with Gasteiger partial charge in [-0.3, -0.25) is 0 Å². The van der Waals surface area contributed by atoms with Gasteiger partial charge in [-0.15, -0.1) is 0 Å². The first-order valence-electron chi connectivity index (χ1n) is 8.49. The summed E-state index contributed by atoms with van der Waals surface area (Å²) in [6, 6.07) is 0. The van der Waals surface area contributed by atoms with Gasteiger partial charge in [-0.05, 0) is 61.9 Å². The van der Waals surface area contributed by atoms with Crippen LogP contribution in [0.4, 0.5) is 0 Å². The van der Waals surface area contributed by atoms with Crippen molar-refractivity contribution in [2.45, 2.75) is 65.7 Å². The second-order valence-corrected chi connectivity index (χ2v) is 7.70. The highest BCUT2D eigenvalue weighted by Gasteiger charge is 2.34. The maximum atomic E-state index is 3.83. The van der Waals surface area contributed by atoms with E-state index in [1.54, 1.807) is 0 Å². The Kier molecular flexibility index (Phi) is 5.30. The van der Waals surface area contributed by atoms with E-state index in [1.165, 1.54) is 71.1 Å². The number of piperidine rings is 1. The van der Waals surface area contributed by atoms with Crippen LogP contribution in [0.2, 0.25) is 0 Å². The van der Waals surface area contributed by atoms with Crippen molar-refractivity contribution >= 4 is 0 Å². The lowest BCUT2D eigenvalue weighted by atomic mass is 9.74. The third kappa shape index (κ3) is 3.95. The molecule has 19 heavy (non-hydrogen) atoms. The van der Waals surface area contributed by atoms with Crippen molar-refractivity contribution in [3.8, 4) is 0 Å². The summed E-state index contributed by atoms with van der Waals surface area (Å²) in [6.45, 7) is 12.1. The standard InChI is InChI=1S/C17H34N2/c1-4-17(9-5-6-10-17)14-19-13-16(2,3)15-8-7-11-18-12-15/h15,18-19H,4-14H2,1-3H3. The van der Waals surface area contributed by atoms with Crippen molar-refractivity contribution in [3.63, 3.8) is 0 Å². The molecule has 0 aromatic rings. The van der Waals surface area contributed by atoms with E-state index in [0.717, 1.165) is 5.92 Å². The highest BCUT2D eigenvalue weighted by atomic mass is 14.9. The first-order chi connectivity index (χ1) is 9.08. The highest BCUT2D eigenvalue weighted by molar-refractivity contribution is 4.88. The number of hydrogen-bond donors (Lipinski definition) is 2. The lowest BCUT2D eigenvalue weighted by Crippen LogP contribution is -2.45. The summed E-state index contributed by atoms with van der Waals surface area (Å²) in [4.78, 5) is 0. The molecule has 1 heterocycles. The quantitative estimate of drug-likeness (QED) is 0.768. The van der Waals surface area contributed by atoms with E-state index in [4.69, 9.17) is 0 Å². The molecular formula is C17H34N2. The summed E-state index contributed by atoms with van der Waals surface area (Å²) in [5, 5.41) is 7.39. The van der Waals surface area contributed by atoms with Crippen LogP contribution in [0, 0.1) is 16.7 Å². The van der Waals surface area contributed by atoms with Gasteiger partial charge in [0.1, 0.15) is 0 Å². The zero-order valence-corrected chi connectivity index (χ0v) is 13.4. The summed E-state index contributed by atoms with van der Waals surface area (Å²) in [5.41, 5.74) is 1.06. The zero-order chi connectivity index (χ0) is 13.8. The molecule has 1 unspecified atom stereocenters. The van der Waals surface area contributed by atoms with E-state index < -0.39 is 0 Å². The molecule has 0 aromatic heterocycles. The Hall–Kier alpha value is -0.0800. The van der Waals surface area contributed by atoms with E-state index in [9.17, 15) is 0 Å². The van der Waals surface area contributed by atoms with E-state index in [-0.39, 0.29) is 0 Å². The van der Waals surface area contributed by atoms with Gasteiger partial charge in [0.05, 0.1) is 0 Å². The molecular weight excluding hydrogens is 232 g/mol. The maximum Gasteiger partial charge on any atom is 0.000793 e. The third-order valence-corrected chi connectivity index (χ3v) is 5.90. The highest BCUT2D eigenvalue weighted by Crippen LogP contribution is 2.40. The van der Waals surface area contributed by atoms with E-state index >= 15 is 0 Å². The second-order valence-electron chi connectivity index (χ2n) is 7.70. The van der Waals surface area contributed by atoms with Gasteiger partial charge < -0.3 is 10.6 Å². The van der Waals surface area contributed by atoms with Crippen LogP contribution in [0.25, 0.3) is 0 Å². The van der Waals surface area contributed by atoms with E-state index in [2.05, 4.69) is 31.4 Å². The van der Waals surface area contributed by atoms with Gasteiger partial charge in [0, 0.05) is 13.1 Å². The molecule has 1 atom stereocenters. The summed E-state index contributed by atoms with van der Waals surface area (Å²) < 4.78 is 0. The topological polar surface area (TPSA) is 24.1 Å². The number of nitrogens with one attached hydrogen (secondary N) is 2. The Morgan fingerprint density at radius 1 is 1.21 bits per heavy atom. The molecule has 2 heteroatoms. The summed E-state index contributed by atoms with van der Waals surface area (Å²) >= 11 is 0. The van der Waals surface area contributed by atoms with Gasteiger partial charge in [0.2, 0.25) is 0 Å². The molecule has 0 bridgehead atoms. The largest absolute Gasteiger partial charge is 0.316 e. The lowest BCUT2D eigenvalue weighted by molar-refractivity contribution is 0.155. The van der Waals surface area contributed by atoms with Crippen molar-refractivity contribution in [1.82, 2.24) is 10.6 Å². The lowest BCUT2D eigenvalue weighted by Gasteiger charge is -2.39. The van der Waals surface area contributed by atoms with Crippen LogP contribution >= 0.6 is 0 Å². The average molecular weight is 266 g/mol. The predicted octanol–water partition coefficient (Wildman–Crippen LogP) is 3.57. The minimum absolute atomic E-state index is 0.432. The molecule has 1 aliphatic heterocycles. The Morgan fingerprint density at radius 2 is 1.95 bits per heavy atom. The van der Waals surface area contributed by atoms with Crippen molar-refractivity contribution in [3.05, 3.63) is 0 Å². The molecule has 0 spiro atoms. The minimum atomic E-state index is 0.432. The molecule has 2 nitrogen and oxygen atoms in total. The fraction of sp³-hybridized carbons (Fsp3) is 1.00. The van der Waals surface area contributed by atoms with Crippen molar-refractivity contribution < 1.29 is 0 Å². The van der Waals surface area contributed by atoms with Crippen LogP contribution in [0.15, 0.2) is 0 Å². The molecule has 0 amide bonds. The Bertz CT molecular complexity index is 260. The molecule has 2 aliphatic rings. The predicted molar refractivity (Wildman–Crippen MR) is 83.4 cm³/mol. The van der Waals surface area contributed by atoms with Crippen molar-refractivity contribution in [2.24, 2.45) is 16.7 Å². The first kappa shape index (κ1) is 15.3. The van der Waals surface area contributed by atoms with Crippen LogP contribution in [0.5, 0.6) is 0 Å². The molecule has 112 valence electrons. The molecule has 0 aromatic carbocycles. The summed E-state index contributed by atoms with van der Waals surface area (Å²) in [6.07, 6.45) is 9.90. The van der Waals surface area contributed by atoms with Crippen molar-refractivity contribution in [1.29, 1.82) is 0 Å². The molecule has 1 saturated heterocycles. The molecule has 2 N–H and O–H groups in total. The van der Waals surface area contributed by atoms with Crippen molar-refractivity contribution in [2.75, 3.05) is 26.2 Å². The molecule has 2 fully saturated rings. The normalized spacial score (nSPS) is 27.6. The fourth-order valence-electron chi connectivity index (χ4n) is 4.09. The monoisotopic (exact) mass is 266 g/mol. The summed E-state index contributed by atoms with van der Waals surface area (Å²) in [5.74, 6) is 0.843. The van der Waals surface area contributed by atoms with Gasteiger partial charge in [0.15, 0.2) is 0 Å². The minimum Gasteiger partial charge on any atom is -0.316 e. The molecule has 0 radical (unpaired) electrons. The maximum absolute atomic E-state index is 3.83. The van der Waals surface area contributed by atoms with E-state index in [0.29, 0.717) is 10.8 Å². The van der Waals surface area contributed by atoms with Crippen LogP contribution in [-0.2, 0) is 0 Å². The smallest absolute Gasteiger partial charge is 0.000793 e.